The van der Waals surface area contributed by atoms with E-state index in [1.165, 1.54) is 11.1 Å². The third-order valence-electron chi connectivity index (χ3n) is 2.89. The third-order valence-corrected chi connectivity index (χ3v) is 3.38. The molecule has 0 aliphatic heterocycles. The Hall–Kier alpha value is -1.28. The average Bonchev–Trinajstić information content (AvgIpc) is 2.40. The number of hydrogen-bond acceptors (Lipinski definition) is 1. The molecule has 0 radical (unpaired) electrons. The summed E-state index contributed by atoms with van der Waals surface area (Å²) in [7, 11) is 0. The zero-order chi connectivity index (χ0) is 12.8. The van der Waals surface area contributed by atoms with Crippen molar-refractivity contribution in [1.82, 2.24) is 0 Å². The van der Waals surface area contributed by atoms with Gasteiger partial charge < -0.3 is 4.74 Å². The Labute approximate surface area is 117 Å². The number of halogens is 1. The van der Waals surface area contributed by atoms with E-state index in [0.717, 1.165) is 23.1 Å². The van der Waals surface area contributed by atoms with Crippen LogP contribution in [0.5, 0.6) is 5.75 Å². The van der Waals surface area contributed by atoms with Crippen LogP contribution in [0.1, 0.15) is 18.1 Å². The second kappa shape index (κ2) is 6.60. The van der Waals surface area contributed by atoms with Crippen molar-refractivity contribution in [2.24, 2.45) is 0 Å². The molecule has 0 aliphatic carbocycles. The van der Waals surface area contributed by atoms with Crippen LogP contribution in [-0.4, -0.2) is 6.61 Å². The number of hydrogen-bond donors (Lipinski definition) is 0. The molecular formula is C16H17BrO. The van der Waals surface area contributed by atoms with Gasteiger partial charge in [-0.05, 0) is 35.7 Å². The van der Waals surface area contributed by atoms with E-state index in [2.05, 4.69) is 47.1 Å². The van der Waals surface area contributed by atoms with Gasteiger partial charge in [0.15, 0.2) is 0 Å². The topological polar surface area (TPSA) is 9.23 Å². The number of rotatable bonds is 5. The Morgan fingerprint density at radius 3 is 2.39 bits per heavy atom. The van der Waals surface area contributed by atoms with E-state index in [-0.39, 0.29) is 0 Å². The Kier molecular flexibility index (Phi) is 4.82. The first-order valence-corrected chi connectivity index (χ1v) is 7.03. The Morgan fingerprint density at radius 1 is 1.00 bits per heavy atom. The minimum Gasteiger partial charge on any atom is -0.493 e. The summed E-state index contributed by atoms with van der Waals surface area (Å²) in [5, 5.41) is 0. The minimum atomic E-state index is 0.710. The molecule has 0 aliphatic rings. The van der Waals surface area contributed by atoms with Crippen LogP contribution in [0.15, 0.2) is 53.0 Å². The highest BCUT2D eigenvalue weighted by atomic mass is 79.9. The molecule has 0 saturated heterocycles. The van der Waals surface area contributed by atoms with Gasteiger partial charge in [0, 0.05) is 10.9 Å². The van der Waals surface area contributed by atoms with Gasteiger partial charge in [0.1, 0.15) is 5.75 Å². The molecule has 94 valence electrons. The first-order chi connectivity index (χ1) is 8.78. The van der Waals surface area contributed by atoms with Gasteiger partial charge in [-0.2, -0.15) is 0 Å². The maximum atomic E-state index is 5.72. The fraction of sp³-hybridized carbons (Fsp3) is 0.250. The molecule has 1 nitrogen and oxygen atoms in total. The van der Waals surface area contributed by atoms with Crippen molar-refractivity contribution in [2.45, 2.75) is 19.8 Å². The molecule has 2 aromatic rings. The van der Waals surface area contributed by atoms with Crippen molar-refractivity contribution in [3.8, 4) is 5.75 Å². The lowest BCUT2D eigenvalue weighted by Crippen LogP contribution is -2.01. The summed E-state index contributed by atoms with van der Waals surface area (Å²) >= 11 is 3.43. The second-order valence-electron chi connectivity index (χ2n) is 4.23. The van der Waals surface area contributed by atoms with Crippen LogP contribution >= 0.6 is 15.9 Å². The van der Waals surface area contributed by atoms with Crippen LogP contribution in [0.3, 0.4) is 0 Å². The molecular weight excluding hydrogens is 288 g/mol. The lowest BCUT2D eigenvalue weighted by Gasteiger charge is -2.07. The average molecular weight is 305 g/mol. The van der Waals surface area contributed by atoms with Crippen molar-refractivity contribution >= 4 is 15.9 Å². The molecule has 2 heteroatoms. The van der Waals surface area contributed by atoms with E-state index in [1.54, 1.807) is 0 Å². The van der Waals surface area contributed by atoms with Crippen LogP contribution in [0.2, 0.25) is 0 Å². The molecule has 0 unspecified atom stereocenters. The summed E-state index contributed by atoms with van der Waals surface area (Å²) in [5.74, 6) is 0.912. The van der Waals surface area contributed by atoms with Gasteiger partial charge in [0.25, 0.3) is 0 Å². The van der Waals surface area contributed by atoms with E-state index in [4.69, 9.17) is 4.74 Å². The summed E-state index contributed by atoms with van der Waals surface area (Å²) in [6.45, 7) is 2.88. The molecule has 0 amide bonds. The molecule has 0 bridgehead atoms. The molecule has 0 heterocycles. The van der Waals surface area contributed by atoms with Crippen LogP contribution in [0.4, 0.5) is 0 Å². The van der Waals surface area contributed by atoms with Crippen LogP contribution in [-0.2, 0) is 12.8 Å². The van der Waals surface area contributed by atoms with Gasteiger partial charge in [-0.15, -0.1) is 0 Å². The summed E-state index contributed by atoms with van der Waals surface area (Å²) in [5.41, 5.74) is 2.70. The van der Waals surface area contributed by atoms with Crippen molar-refractivity contribution in [1.29, 1.82) is 0 Å². The number of ether oxygens (including phenoxy) is 1. The predicted molar refractivity (Wildman–Crippen MR) is 79.2 cm³/mol. The lowest BCUT2D eigenvalue weighted by molar-refractivity contribution is 0.322. The fourth-order valence-corrected chi connectivity index (χ4v) is 2.16. The largest absolute Gasteiger partial charge is 0.493 e. The molecule has 2 aromatic carbocycles. The van der Waals surface area contributed by atoms with Crippen LogP contribution < -0.4 is 4.74 Å². The van der Waals surface area contributed by atoms with Crippen LogP contribution in [0, 0.1) is 0 Å². The van der Waals surface area contributed by atoms with Crippen molar-refractivity contribution < 1.29 is 4.74 Å². The van der Waals surface area contributed by atoms with Gasteiger partial charge in [-0.25, -0.2) is 0 Å². The Balaban J connectivity index is 1.84. The summed E-state index contributed by atoms with van der Waals surface area (Å²) in [6, 6.07) is 16.7. The Bertz CT molecular complexity index is 491. The summed E-state index contributed by atoms with van der Waals surface area (Å²) in [6.07, 6.45) is 2.03. The first kappa shape index (κ1) is 13.2. The SMILES string of the molecule is CCc1ccc(CCOc2cccc(Br)c2)cc1. The maximum absolute atomic E-state index is 5.72. The monoisotopic (exact) mass is 304 g/mol. The number of aryl methyl sites for hydroxylation is 1. The molecule has 0 saturated carbocycles. The van der Waals surface area contributed by atoms with E-state index in [0.29, 0.717) is 6.61 Å². The van der Waals surface area contributed by atoms with Crippen molar-refractivity contribution in [3.05, 3.63) is 64.1 Å². The molecule has 0 spiro atoms. The first-order valence-electron chi connectivity index (χ1n) is 6.24. The van der Waals surface area contributed by atoms with Crippen molar-refractivity contribution in [3.63, 3.8) is 0 Å². The second-order valence-corrected chi connectivity index (χ2v) is 5.14. The van der Waals surface area contributed by atoms with E-state index in [1.807, 2.05) is 24.3 Å². The zero-order valence-electron chi connectivity index (χ0n) is 10.5. The maximum Gasteiger partial charge on any atom is 0.120 e. The van der Waals surface area contributed by atoms with Crippen molar-refractivity contribution in [2.75, 3.05) is 6.61 Å². The van der Waals surface area contributed by atoms with E-state index in [9.17, 15) is 0 Å². The number of benzene rings is 2. The van der Waals surface area contributed by atoms with E-state index >= 15 is 0 Å². The third kappa shape index (κ3) is 3.88. The fourth-order valence-electron chi connectivity index (χ4n) is 1.79. The molecule has 0 fully saturated rings. The normalized spacial score (nSPS) is 10.3. The van der Waals surface area contributed by atoms with Crippen LogP contribution in [0.25, 0.3) is 0 Å². The highest BCUT2D eigenvalue weighted by molar-refractivity contribution is 9.10. The molecule has 2 rings (SSSR count). The van der Waals surface area contributed by atoms with Gasteiger partial charge in [-0.1, -0.05) is 53.2 Å². The minimum absolute atomic E-state index is 0.710. The summed E-state index contributed by atoms with van der Waals surface area (Å²) < 4.78 is 6.77. The van der Waals surface area contributed by atoms with Gasteiger partial charge in [0.05, 0.1) is 6.61 Å². The quantitative estimate of drug-likeness (QED) is 0.782. The highest BCUT2D eigenvalue weighted by Crippen LogP contribution is 2.18. The van der Waals surface area contributed by atoms with Gasteiger partial charge in [0.2, 0.25) is 0 Å². The Morgan fingerprint density at radius 2 is 1.72 bits per heavy atom. The molecule has 0 atom stereocenters. The van der Waals surface area contributed by atoms with Gasteiger partial charge in [-0.3, -0.25) is 0 Å². The summed E-state index contributed by atoms with van der Waals surface area (Å²) in [4.78, 5) is 0. The smallest absolute Gasteiger partial charge is 0.120 e. The highest BCUT2D eigenvalue weighted by Gasteiger charge is 1.97. The molecule has 18 heavy (non-hydrogen) atoms. The standard InChI is InChI=1S/C16H17BrO/c1-2-13-6-8-14(9-7-13)10-11-18-16-5-3-4-15(17)12-16/h3-9,12H,2,10-11H2,1H3. The lowest BCUT2D eigenvalue weighted by atomic mass is 10.1. The molecule has 0 aromatic heterocycles. The van der Waals surface area contributed by atoms with E-state index < -0.39 is 0 Å². The zero-order valence-corrected chi connectivity index (χ0v) is 12.1. The van der Waals surface area contributed by atoms with Gasteiger partial charge >= 0.3 is 0 Å². The molecule has 0 N–H and O–H groups in total. The predicted octanol–water partition coefficient (Wildman–Crippen LogP) is 4.63.